The molecule has 0 aromatic carbocycles. The van der Waals surface area contributed by atoms with Crippen molar-refractivity contribution < 1.29 is 13.9 Å². The van der Waals surface area contributed by atoms with Crippen molar-refractivity contribution in [1.82, 2.24) is 5.32 Å². The number of halogens is 1. The molecule has 2 heterocycles. The number of methoxy groups -OCH3 is 1. The Morgan fingerprint density at radius 1 is 1.82 bits per heavy atom. The lowest BCUT2D eigenvalue weighted by Crippen LogP contribution is -2.60. The zero-order chi connectivity index (χ0) is 8.06. The molecule has 2 saturated heterocycles. The number of carbonyl (C=O) groups is 1. The SMILES string of the molecule is COC(=O)C12CC(CN1)C2F. The molecule has 0 amide bonds. The minimum absolute atomic E-state index is 0.0362. The third-order valence-electron chi connectivity index (χ3n) is 2.70. The highest BCUT2D eigenvalue weighted by molar-refractivity contribution is 5.84. The van der Waals surface area contributed by atoms with E-state index in [0.29, 0.717) is 13.0 Å². The maximum absolute atomic E-state index is 13.1. The van der Waals surface area contributed by atoms with Gasteiger partial charge < -0.3 is 4.74 Å². The number of hydrogen-bond acceptors (Lipinski definition) is 3. The maximum Gasteiger partial charge on any atom is 0.329 e. The van der Waals surface area contributed by atoms with Crippen molar-refractivity contribution in [3.63, 3.8) is 0 Å². The Hall–Kier alpha value is -0.640. The summed E-state index contributed by atoms with van der Waals surface area (Å²) >= 11 is 0. The van der Waals surface area contributed by atoms with Crippen LogP contribution in [0, 0.1) is 5.92 Å². The second-order valence-electron chi connectivity index (χ2n) is 3.21. The van der Waals surface area contributed by atoms with Gasteiger partial charge in [-0.3, -0.25) is 5.32 Å². The number of alkyl halides is 1. The molecule has 3 atom stereocenters. The fraction of sp³-hybridized carbons (Fsp3) is 0.857. The Bertz CT molecular complexity index is 205. The van der Waals surface area contributed by atoms with Crippen LogP contribution in [0.2, 0.25) is 0 Å². The van der Waals surface area contributed by atoms with Crippen molar-refractivity contribution in [2.75, 3.05) is 13.7 Å². The van der Waals surface area contributed by atoms with E-state index in [1.807, 2.05) is 0 Å². The lowest BCUT2D eigenvalue weighted by molar-refractivity contribution is -0.156. The standard InChI is InChI=1S/C7H10FNO2/c1-11-6(10)7-2-4(3-9-7)5(7)8/h4-5,9H,2-3H2,1H3. The molecular formula is C7H10FNO2. The molecule has 1 N–H and O–H groups in total. The summed E-state index contributed by atoms with van der Waals surface area (Å²) in [7, 11) is 1.29. The van der Waals surface area contributed by atoms with E-state index in [1.165, 1.54) is 7.11 Å². The van der Waals surface area contributed by atoms with E-state index in [2.05, 4.69) is 10.1 Å². The summed E-state index contributed by atoms with van der Waals surface area (Å²) < 4.78 is 17.6. The number of hydrogen-bond donors (Lipinski definition) is 1. The first-order chi connectivity index (χ1) is 5.20. The van der Waals surface area contributed by atoms with Crippen molar-refractivity contribution in [3.8, 4) is 0 Å². The summed E-state index contributed by atoms with van der Waals surface area (Å²) in [5.41, 5.74) is -0.973. The zero-order valence-electron chi connectivity index (χ0n) is 6.26. The molecule has 0 radical (unpaired) electrons. The normalized spacial score (nSPS) is 46.7. The Kier molecular flexibility index (Phi) is 1.24. The predicted molar refractivity (Wildman–Crippen MR) is 35.8 cm³/mol. The molecule has 0 aromatic rings. The first-order valence-electron chi connectivity index (χ1n) is 3.68. The van der Waals surface area contributed by atoms with E-state index in [4.69, 9.17) is 0 Å². The number of ether oxygens (including phenoxy) is 1. The van der Waals surface area contributed by atoms with Crippen LogP contribution in [0.1, 0.15) is 6.42 Å². The van der Waals surface area contributed by atoms with Gasteiger partial charge in [-0.1, -0.05) is 0 Å². The zero-order valence-corrected chi connectivity index (χ0v) is 6.26. The quantitative estimate of drug-likeness (QED) is 0.541. The Labute approximate surface area is 63.9 Å². The molecule has 4 heteroatoms. The molecule has 2 bridgehead atoms. The third kappa shape index (κ3) is 0.630. The van der Waals surface area contributed by atoms with Gasteiger partial charge in [-0.05, 0) is 6.42 Å². The van der Waals surface area contributed by atoms with Crippen molar-refractivity contribution in [2.45, 2.75) is 18.1 Å². The number of rotatable bonds is 1. The highest BCUT2D eigenvalue weighted by Crippen LogP contribution is 2.46. The van der Waals surface area contributed by atoms with E-state index < -0.39 is 17.7 Å². The monoisotopic (exact) mass is 159 g/mol. The lowest BCUT2D eigenvalue weighted by Gasteiger charge is -2.38. The number of nitrogens with one attached hydrogen (secondary N) is 1. The molecule has 3 nitrogen and oxygen atoms in total. The average molecular weight is 159 g/mol. The van der Waals surface area contributed by atoms with Gasteiger partial charge in [0.05, 0.1) is 7.11 Å². The van der Waals surface area contributed by atoms with Crippen LogP contribution < -0.4 is 5.32 Å². The molecular weight excluding hydrogens is 149 g/mol. The molecule has 3 aliphatic rings. The van der Waals surface area contributed by atoms with Crippen molar-refractivity contribution in [3.05, 3.63) is 0 Å². The van der Waals surface area contributed by atoms with E-state index in [9.17, 15) is 9.18 Å². The topological polar surface area (TPSA) is 38.3 Å². The summed E-state index contributed by atoms with van der Waals surface area (Å²) in [4.78, 5) is 11.1. The van der Waals surface area contributed by atoms with Gasteiger partial charge in [-0.25, -0.2) is 9.18 Å². The Morgan fingerprint density at radius 3 is 2.91 bits per heavy atom. The van der Waals surface area contributed by atoms with Crippen LogP contribution in [0.3, 0.4) is 0 Å². The average Bonchev–Trinajstić information content (AvgIpc) is 2.58. The van der Waals surface area contributed by atoms with Crippen molar-refractivity contribution in [1.29, 1.82) is 0 Å². The summed E-state index contributed by atoms with van der Waals surface area (Å²) in [6.07, 6.45) is -0.434. The van der Waals surface area contributed by atoms with Gasteiger partial charge in [0, 0.05) is 12.5 Å². The molecule has 0 aromatic heterocycles. The first-order valence-corrected chi connectivity index (χ1v) is 3.68. The van der Waals surface area contributed by atoms with Crippen molar-refractivity contribution >= 4 is 5.97 Å². The van der Waals surface area contributed by atoms with Crippen LogP contribution in [-0.2, 0) is 9.53 Å². The predicted octanol–water partition coefficient (Wildman–Crippen LogP) is -0.141. The van der Waals surface area contributed by atoms with E-state index in [1.54, 1.807) is 0 Å². The summed E-state index contributed by atoms with van der Waals surface area (Å²) in [5.74, 6) is -0.423. The first kappa shape index (κ1) is 7.03. The van der Waals surface area contributed by atoms with Gasteiger partial charge in [-0.15, -0.1) is 0 Å². The minimum Gasteiger partial charge on any atom is -0.468 e. The van der Waals surface area contributed by atoms with Gasteiger partial charge in [0.1, 0.15) is 11.7 Å². The summed E-state index contributed by atoms with van der Waals surface area (Å²) in [6.45, 7) is 0.607. The second-order valence-corrected chi connectivity index (χ2v) is 3.21. The number of carbonyl (C=O) groups excluding carboxylic acids is 1. The molecule has 3 rings (SSSR count). The van der Waals surface area contributed by atoms with Gasteiger partial charge in [0.15, 0.2) is 0 Å². The van der Waals surface area contributed by atoms with Crippen LogP contribution in [0.15, 0.2) is 0 Å². The van der Waals surface area contributed by atoms with Crippen LogP contribution in [-0.4, -0.2) is 31.3 Å². The van der Waals surface area contributed by atoms with Crippen LogP contribution >= 0.6 is 0 Å². The highest BCUT2D eigenvalue weighted by atomic mass is 19.1. The van der Waals surface area contributed by atoms with Crippen LogP contribution in [0.25, 0.3) is 0 Å². The van der Waals surface area contributed by atoms with Crippen LogP contribution in [0.4, 0.5) is 4.39 Å². The molecule has 1 saturated carbocycles. The molecule has 3 unspecified atom stereocenters. The Morgan fingerprint density at radius 2 is 2.55 bits per heavy atom. The number of esters is 1. The third-order valence-corrected chi connectivity index (χ3v) is 2.70. The largest absolute Gasteiger partial charge is 0.468 e. The van der Waals surface area contributed by atoms with Crippen LogP contribution in [0.5, 0.6) is 0 Å². The minimum atomic E-state index is -1.03. The smallest absolute Gasteiger partial charge is 0.329 e. The van der Waals surface area contributed by atoms with Gasteiger partial charge in [0.25, 0.3) is 0 Å². The second kappa shape index (κ2) is 1.94. The molecule has 62 valence electrons. The summed E-state index contributed by atoms with van der Waals surface area (Å²) in [5, 5.41) is 2.86. The molecule has 0 spiro atoms. The fourth-order valence-corrected chi connectivity index (χ4v) is 1.98. The number of fused-ring (bicyclic) bond motifs is 1. The molecule has 2 aliphatic heterocycles. The molecule has 11 heavy (non-hydrogen) atoms. The summed E-state index contributed by atoms with van der Waals surface area (Å²) in [6, 6.07) is 0. The lowest BCUT2D eigenvalue weighted by atomic mass is 9.71. The fourth-order valence-electron chi connectivity index (χ4n) is 1.98. The molecule has 3 fully saturated rings. The van der Waals surface area contributed by atoms with Gasteiger partial charge >= 0.3 is 5.97 Å². The maximum atomic E-state index is 13.1. The van der Waals surface area contributed by atoms with E-state index >= 15 is 0 Å². The van der Waals surface area contributed by atoms with Gasteiger partial charge in [0.2, 0.25) is 0 Å². The Balaban J connectivity index is 2.18. The molecule has 1 aliphatic carbocycles. The van der Waals surface area contributed by atoms with E-state index in [0.717, 1.165) is 0 Å². The van der Waals surface area contributed by atoms with Crippen molar-refractivity contribution in [2.24, 2.45) is 5.92 Å². The highest BCUT2D eigenvalue weighted by Gasteiger charge is 2.65. The van der Waals surface area contributed by atoms with Gasteiger partial charge in [-0.2, -0.15) is 0 Å². The van der Waals surface area contributed by atoms with E-state index in [-0.39, 0.29) is 5.92 Å².